The van der Waals surface area contributed by atoms with Crippen molar-refractivity contribution in [2.24, 2.45) is 11.8 Å². The molecule has 6 fully saturated rings. The van der Waals surface area contributed by atoms with Crippen molar-refractivity contribution in [3.63, 3.8) is 0 Å². The highest BCUT2D eigenvalue weighted by atomic mass is 35.5. The highest BCUT2D eigenvalue weighted by Gasteiger charge is 2.53. The van der Waals surface area contributed by atoms with E-state index in [1.54, 1.807) is 13.0 Å². The number of aryl methyl sites for hydroxylation is 1. The molecule has 4 aromatic rings. The lowest BCUT2D eigenvalue weighted by atomic mass is 9.92. The van der Waals surface area contributed by atoms with E-state index in [1.807, 2.05) is 4.90 Å². The van der Waals surface area contributed by atoms with Crippen LogP contribution in [0.3, 0.4) is 0 Å². The number of likely N-dealkylation sites (tertiary alicyclic amines) is 1. The Labute approximate surface area is 314 Å². The van der Waals surface area contributed by atoms with Crippen molar-refractivity contribution in [3.05, 3.63) is 45.3 Å². The number of nitriles is 1. The van der Waals surface area contributed by atoms with Crippen molar-refractivity contribution < 1.29 is 22.7 Å². The van der Waals surface area contributed by atoms with Gasteiger partial charge in [-0.05, 0) is 81.5 Å². The number of hydrogen-bond donors (Lipinski definition) is 1. The molecule has 5 saturated heterocycles. The Hall–Kier alpha value is -3.70. The second kappa shape index (κ2) is 12.4. The third kappa shape index (κ3) is 5.41. The number of piperidine rings is 1. The molecule has 276 valence electrons. The van der Waals surface area contributed by atoms with Crippen LogP contribution in [0.2, 0.25) is 5.02 Å². The summed E-state index contributed by atoms with van der Waals surface area (Å²) < 4.78 is 53.6. The second-order valence-electron chi connectivity index (χ2n) is 16.0. The van der Waals surface area contributed by atoms with E-state index in [2.05, 4.69) is 26.2 Å². The highest BCUT2D eigenvalue weighted by Crippen LogP contribution is 2.47. The molecular formula is C39H39ClF3N7O2S. The Morgan fingerprint density at radius 2 is 2.00 bits per heavy atom. The van der Waals surface area contributed by atoms with Gasteiger partial charge in [0.25, 0.3) is 0 Å². The molecule has 1 aliphatic carbocycles. The van der Waals surface area contributed by atoms with Gasteiger partial charge in [0, 0.05) is 65.9 Å². The van der Waals surface area contributed by atoms with Crippen LogP contribution in [-0.2, 0) is 4.79 Å². The van der Waals surface area contributed by atoms with E-state index in [0.29, 0.717) is 71.6 Å². The Balaban J connectivity index is 1.04. The Morgan fingerprint density at radius 1 is 1.15 bits per heavy atom. The number of benzene rings is 2. The minimum atomic E-state index is -0.935. The van der Waals surface area contributed by atoms with Crippen molar-refractivity contribution in [1.29, 1.82) is 5.26 Å². The molecule has 10 rings (SSSR count). The summed E-state index contributed by atoms with van der Waals surface area (Å²) in [6, 6.07) is 6.90. The number of aromatic nitrogens is 2. The van der Waals surface area contributed by atoms with E-state index >= 15 is 8.78 Å². The van der Waals surface area contributed by atoms with Crippen molar-refractivity contribution >= 4 is 55.7 Å². The van der Waals surface area contributed by atoms with Gasteiger partial charge < -0.3 is 14.5 Å². The van der Waals surface area contributed by atoms with Crippen molar-refractivity contribution in [1.82, 2.24) is 25.1 Å². The molecule has 1 N–H and O–H groups in total. The maximum absolute atomic E-state index is 17.3. The van der Waals surface area contributed by atoms with Crippen LogP contribution in [0.5, 0.6) is 6.01 Å². The van der Waals surface area contributed by atoms with Crippen LogP contribution >= 0.6 is 22.9 Å². The molecule has 0 unspecified atom stereocenters. The molecule has 6 atom stereocenters. The normalized spacial score (nSPS) is 29.5. The van der Waals surface area contributed by atoms with Gasteiger partial charge in [-0.25, -0.2) is 13.2 Å². The lowest BCUT2D eigenvalue weighted by Crippen LogP contribution is -2.50. The van der Waals surface area contributed by atoms with Gasteiger partial charge in [0.1, 0.15) is 42.0 Å². The van der Waals surface area contributed by atoms with Crippen LogP contribution in [0.1, 0.15) is 55.4 Å². The third-order valence-electron chi connectivity index (χ3n) is 12.9. The van der Waals surface area contributed by atoms with E-state index < -0.39 is 23.3 Å². The summed E-state index contributed by atoms with van der Waals surface area (Å²) in [5, 5.41) is 14.3. The Morgan fingerprint density at radius 3 is 2.81 bits per heavy atom. The number of thiophene rings is 1. The van der Waals surface area contributed by atoms with Crippen LogP contribution in [0.4, 0.5) is 19.0 Å². The number of alkyl halides is 1. The van der Waals surface area contributed by atoms with Gasteiger partial charge in [-0.2, -0.15) is 15.2 Å². The third-order valence-corrected chi connectivity index (χ3v) is 14.3. The summed E-state index contributed by atoms with van der Waals surface area (Å²) in [4.78, 5) is 30.0. The number of amides is 1. The van der Waals surface area contributed by atoms with Gasteiger partial charge in [-0.3, -0.25) is 15.0 Å². The number of ether oxygens (including phenoxy) is 1. The minimum absolute atomic E-state index is 0.00135. The lowest BCUT2D eigenvalue weighted by Gasteiger charge is -2.38. The fraction of sp³-hybridized carbons (Fsp3) is 0.538. The molecule has 9 nitrogen and oxygen atoms in total. The topological polar surface area (TPSA) is 108 Å². The molecular weight excluding hydrogens is 723 g/mol. The first-order valence-corrected chi connectivity index (χ1v) is 20.0. The molecule has 2 aromatic heterocycles. The number of nitrogens with one attached hydrogen (secondary N) is 1. The Bertz CT molecular complexity index is 2240. The predicted octanol–water partition coefficient (Wildman–Crippen LogP) is 6.76. The largest absolute Gasteiger partial charge is 0.461 e. The average molecular weight is 762 g/mol. The van der Waals surface area contributed by atoms with Crippen molar-refractivity contribution in [2.45, 2.75) is 81.7 Å². The molecule has 0 spiro atoms. The van der Waals surface area contributed by atoms with Gasteiger partial charge in [0.15, 0.2) is 5.82 Å². The van der Waals surface area contributed by atoms with E-state index in [4.69, 9.17) is 21.3 Å². The molecule has 6 aliphatic rings. The number of nitrogens with zero attached hydrogens (tertiary/aromatic N) is 6. The quantitative estimate of drug-likeness (QED) is 0.206. The second-order valence-corrected chi connectivity index (χ2v) is 17.6. The fourth-order valence-corrected chi connectivity index (χ4v) is 11.4. The zero-order valence-corrected chi connectivity index (χ0v) is 30.9. The number of rotatable bonds is 7. The molecule has 1 amide bonds. The van der Waals surface area contributed by atoms with E-state index in [9.17, 15) is 14.4 Å². The molecule has 5 aliphatic heterocycles. The summed E-state index contributed by atoms with van der Waals surface area (Å²) in [5.74, 6) is 0.340. The smallest absolute Gasteiger partial charge is 0.319 e. The van der Waals surface area contributed by atoms with E-state index in [1.165, 1.54) is 25.0 Å². The number of carbonyl (C=O) groups is 1. The van der Waals surface area contributed by atoms with Gasteiger partial charge in [-0.15, -0.1) is 11.3 Å². The Kier molecular flexibility index (Phi) is 7.93. The molecule has 0 radical (unpaired) electrons. The average Bonchev–Trinajstić information content (AvgIpc) is 3.99. The van der Waals surface area contributed by atoms with Gasteiger partial charge in [-0.1, -0.05) is 17.7 Å². The standard InChI is InChI=1S/C39H39ClF3N7O2S/c1-19-25(15-44)29-23(5-6-27(42)35(29)53-19)30-26(40)13-24-33(31(30)43)46-38(52-18-39-9-2-10-49(39)17-22(41)14-39)47-36(24)50-12-7-21-16-48(11-8-28(21)50)37(51)34-32(45-34)20-3-4-20/h5-6,13,20-22,28,32,34,45H,2-4,7-12,14,16-18H2,1H3/t21-,22+,28+,32-,34+,39-/m0/s1. The van der Waals surface area contributed by atoms with Crippen LogP contribution in [-0.4, -0.2) is 94.8 Å². The number of fused-ring (bicyclic) bond motifs is 4. The lowest BCUT2D eigenvalue weighted by molar-refractivity contribution is -0.132. The van der Waals surface area contributed by atoms with Gasteiger partial charge in [0.2, 0.25) is 5.91 Å². The predicted molar refractivity (Wildman–Crippen MR) is 197 cm³/mol. The maximum atomic E-state index is 17.3. The van der Waals surface area contributed by atoms with Crippen molar-refractivity contribution in [3.8, 4) is 23.2 Å². The maximum Gasteiger partial charge on any atom is 0.319 e. The molecule has 14 heteroatoms. The zero-order chi connectivity index (χ0) is 36.3. The molecule has 0 bridgehead atoms. The molecule has 53 heavy (non-hydrogen) atoms. The zero-order valence-electron chi connectivity index (χ0n) is 29.3. The van der Waals surface area contributed by atoms with Crippen LogP contribution < -0.4 is 15.0 Å². The fourth-order valence-electron chi connectivity index (χ4n) is 10.1. The first kappa shape index (κ1) is 33.8. The number of halogens is 4. The number of carbonyl (C=O) groups excluding carboxylic acids is 1. The highest BCUT2D eigenvalue weighted by molar-refractivity contribution is 7.19. The van der Waals surface area contributed by atoms with Crippen LogP contribution in [0.15, 0.2) is 18.2 Å². The molecule has 7 heterocycles. The molecule has 1 saturated carbocycles. The van der Waals surface area contributed by atoms with Crippen molar-refractivity contribution in [2.75, 3.05) is 44.2 Å². The summed E-state index contributed by atoms with van der Waals surface area (Å²) in [5.41, 5.74) is 0.153. The van der Waals surface area contributed by atoms with E-state index in [0.717, 1.165) is 43.6 Å². The summed E-state index contributed by atoms with van der Waals surface area (Å²) in [6.45, 7) is 5.03. The van der Waals surface area contributed by atoms with Gasteiger partial charge >= 0.3 is 6.01 Å². The first-order chi connectivity index (χ1) is 25.6. The monoisotopic (exact) mass is 761 g/mol. The minimum Gasteiger partial charge on any atom is -0.461 e. The summed E-state index contributed by atoms with van der Waals surface area (Å²) >= 11 is 8.13. The van der Waals surface area contributed by atoms with Gasteiger partial charge in [0.05, 0.1) is 20.8 Å². The summed E-state index contributed by atoms with van der Waals surface area (Å²) in [6.07, 6.45) is 5.16. The SMILES string of the molecule is Cc1sc2c(F)ccc(-c3c(Cl)cc4c(N5CC[C@H]6CN(C(=O)[C@@H]7N[C@H]7C7CC7)CC[C@H]65)nc(OC[C@@]56CCCN5C[C@H](F)C6)nc4c3F)c2c1C#N. The van der Waals surface area contributed by atoms with Crippen LogP contribution in [0.25, 0.3) is 32.1 Å². The number of hydrogen-bond acceptors (Lipinski definition) is 9. The van der Waals surface area contributed by atoms with Crippen LogP contribution in [0, 0.1) is 41.7 Å². The molecule has 2 aromatic carbocycles. The summed E-state index contributed by atoms with van der Waals surface area (Å²) in [7, 11) is 0. The number of anilines is 1. The van der Waals surface area contributed by atoms with E-state index in [-0.39, 0.29) is 62.9 Å². The first-order valence-electron chi connectivity index (χ1n) is 18.8.